The Labute approximate surface area is 70.2 Å². The van der Waals surface area contributed by atoms with Gasteiger partial charge in [-0.2, -0.15) is 4.68 Å². The molecule has 1 aromatic heterocycles. The molecule has 0 unspecified atom stereocenters. The van der Waals surface area contributed by atoms with Crippen LogP contribution in [-0.4, -0.2) is 14.7 Å². The molecule has 0 spiro atoms. The van der Waals surface area contributed by atoms with Crippen LogP contribution >= 0.6 is 0 Å². The van der Waals surface area contributed by atoms with Gasteiger partial charge in [-0.15, -0.1) is 0 Å². The van der Waals surface area contributed by atoms with E-state index in [1.165, 1.54) is 6.07 Å². The van der Waals surface area contributed by atoms with Crippen molar-refractivity contribution in [2.75, 3.05) is 0 Å². The highest BCUT2D eigenvalue weighted by Gasteiger charge is 2.10. The van der Waals surface area contributed by atoms with Crippen molar-refractivity contribution in [2.24, 2.45) is 5.92 Å². The zero-order valence-electron chi connectivity index (χ0n) is 7.10. The highest BCUT2D eigenvalue weighted by atomic mass is 16.6. The van der Waals surface area contributed by atoms with Crippen LogP contribution in [0.4, 0.5) is 5.82 Å². The molecular weight excluding hydrogens is 158 g/mol. The number of hydrogen-bond acceptors (Lipinski definition) is 3. The summed E-state index contributed by atoms with van der Waals surface area (Å²) in [6.07, 6.45) is 1.62. The van der Waals surface area contributed by atoms with Gasteiger partial charge in [0.15, 0.2) is 0 Å². The molecule has 0 amide bonds. The van der Waals surface area contributed by atoms with E-state index in [0.717, 1.165) is 0 Å². The molecular formula is C7H11N3O2. The van der Waals surface area contributed by atoms with Gasteiger partial charge >= 0.3 is 5.82 Å². The zero-order chi connectivity index (χ0) is 9.14. The third-order valence-electron chi connectivity index (χ3n) is 1.37. The molecule has 1 aromatic rings. The molecule has 0 radical (unpaired) electrons. The van der Waals surface area contributed by atoms with Crippen LogP contribution in [0.25, 0.3) is 0 Å². The first-order valence-corrected chi connectivity index (χ1v) is 3.77. The van der Waals surface area contributed by atoms with Crippen molar-refractivity contribution in [3.63, 3.8) is 0 Å². The first-order valence-electron chi connectivity index (χ1n) is 3.77. The lowest BCUT2D eigenvalue weighted by Gasteiger charge is -1.98. The lowest BCUT2D eigenvalue weighted by atomic mass is 10.2. The van der Waals surface area contributed by atoms with Gasteiger partial charge in [0.1, 0.15) is 0 Å². The fourth-order valence-corrected chi connectivity index (χ4v) is 0.924. The molecule has 0 aromatic carbocycles. The lowest BCUT2D eigenvalue weighted by molar-refractivity contribution is -0.389. The molecule has 0 aliphatic heterocycles. The molecule has 0 aliphatic carbocycles. The SMILES string of the molecule is CC(C)Cn1ccc([N+](=O)[O-])n1. The third kappa shape index (κ3) is 2.05. The van der Waals surface area contributed by atoms with Gasteiger partial charge in [0, 0.05) is 0 Å². The van der Waals surface area contributed by atoms with E-state index >= 15 is 0 Å². The molecule has 0 bridgehead atoms. The van der Waals surface area contributed by atoms with Crippen molar-refractivity contribution >= 4 is 5.82 Å². The van der Waals surface area contributed by atoms with Gasteiger partial charge < -0.3 is 10.1 Å². The quantitative estimate of drug-likeness (QED) is 0.508. The molecule has 0 aliphatic rings. The molecule has 5 heteroatoms. The van der Waals surface area contributed by atoms with E-state index in [4.69, 9.17) is 0 Å². The summed E-state index contributed by atoms with van der Waals surface area (Å²) in [6.45, 7) is 4.79. The van der Waals surface area contributed by atoms with Crippen LogP contribution < -0.4 is 0 Å². The Kier molecular flexibility index (Phi) is 2.42. The highest BCUT2D eigenvalue weighted by molar-refractivity contribution is 5.13. The summed E-state index contributed by atoms with van der Waals surface area (Å²) in [7, 11) is 0. The Morgan fingerprint density at radius 1 is 1.75 bits per heavy atom. The van der Waals surface area contributed by atoms with Crippen LogP contribution in [0.5, 0.6) is 0 Å². The Morgan fingerprint density at radius 3 is 2.83 bits per heavy atom. The van der Waals surface area contributed by atoms with Crippen LogP contribution in [0, 0.1) is 16.0 Å². The van der Waals surface area contributed by atoms with Crippen molar-refractivity contribution in [3.05, 3.63) is 22.4 Å². The maximum Gasteiger partial charge on any atom is 0.389 e. The number of hydrogen-bond donors (Lipinski definition) is 0. The number of rotatable bonds is 3. The Bertz CT molecular complexity index is 280. The number of nitro groups is 1. The molecule has 0 saturated carbocycles. The molecule has 1 rings (SSSR count). The fraction of sp³-hybridized carbons (Fsp3) is 0.571. The lowest BCUT2D eigenvalue weighted by Crippen LogP contribution is -2.05. The van der Waals surface area contributed by atoms with Crippen LogP contribution in [0.15, 0.2) is 12.3 Å². The average Bonchev–Trinajstić information content (AvgIpc) is 2.34. The van der Waals surface area contributed by atoms with E-state index in [-0.39, 0.29) is 5.82 Å². The van der Waals surface area contributed by atoms with Gasteiger partial charge in [-0.1, -0.05) is 13.8 Å². The van der Waals surface area contributed by atoms with Crippen molar-refractivity contribution in [1.82, 2.24) is 9.78 Å². The maximum atomic E-state index is 10.2. The standard InChI is InChI=1S/C7H11N3O2/c1-6(2)5-9-4-3-7(8-9)10(11)12/h3-4,6H,5H2,1-2H3. The van der Waals surface area contributed by atoms with Crippen molar-refractivity contribution in [3.8, 4) is 0 Å². The average molecular weight is 169 g/mol. The van der Waals surface area contributed by atoms with Gasteiger partial charge in [0.2, 0.25) is 0 Å². The summed E-state index contributed by atoms with van der Waals surface area (Å²) in [5, 5.41) is 14.0. The van der Waals surface area contributed by atoms with E-state index in [0.29, 0.717) is 12.5 Å². The molecule has 0 atom stereocenters. The van der Waals surface area contributed by atoms with Crippen LogP contribution in [-0.2, 0) is 6.54 Å². The topological polar surface area (TPSA) is 61.0 Å². The normalized spacial score (nSPS) is 10.6. The van der Waals surface area contributed by atoms with Gasteiger partial charge in [-0.25, -0.2) is 0 Å². The highest BCUT2D eigenvalue weighted by Crippen LogP contribution is 2.06. The van der Waals surface area contributed by atoms with Crippen molar-refractivity contribution in [1.29, 1.82) is 0 Å². The summed E-state index contributed by atoms with van der Waals surface area (Å²) >= 11 is 0. The summed E-state index contributed by atoms with van der Waals surface area (Å²) in [6, 6.07) is 1.41. The molecule has 1 heterocycles. The van der Waals surface area contributed by atoms with E-state index in [1.54, 1.807) is 10.9 Å². The minimum absolute atomic E-state index is 0.0874. The second-order valence-corrected chi connectivity index (χ2v) is 3.05. The minimum Gasteiger partial charge on any atom is -0.358 e. The molecule has 66 valence electrons. The zero-order valence-corrected chi connectivity index (χ0v) is 7.10. The maximum absolute atomic E-state index is 10.2. The van der Waals surface area contributed by atoms with Gasteiger partial charge in [-0.05, 0) is 10.8 Å². The fourth-order valence-electron chi connectivity index (χ4n) is 0.924. The first kappa shape index (κ1) is 8.70. The Balaban J connectivity index is 2.71. The first-order chi connectivity index (χ1) is 5.59. The molecule has 0 N–H and O–H groups in total. The number of nitrogens with zero attached hydrogens (tertiary/aromatic N) is 3. The molecule has 12 heavy (non-hydrogen) atoms. The Morgan fingerprint density at radius 2 is 2.42 bits per heavy atom. The largest absolute Gasteiger partial charge is 0.389 e. The van der Waals surface area contributed by atoms with Crippen LogP contribution in [0.1, 0.15) is 13.8 Å². The van der Waals surface area contributed by atoms with E-state index in [1.807, 2.05) is 13.8 Å². The Hall–Kier alpha value is -1.39. The monoisotopic (exact) mass is 169 g/mol. The molecule has 5 nitrogen and oxygen atoms in total. The summed E-state index contributed by atoms with van der Waals surface area (Å²) in [4.78, 5) is 9.74. The molecule has 0 saturated heterocycles. The van der Waals surface area contributed by atoms with Gasteiger partial charge in [0.25, 0.3) is 0 Å². The summed E-state index contributed by atoms with van der Waals surface area (Å²) in [5.41, 5.74) is 0. The van der Waals surface area contributed by atoms with Crippen molar-refractivity contribution < 1.29 is 4.92 Å². The van der Waals surface area contributed by atoms with Crippen LogP contribution in [0.3, 0.4) is 0 Å². The summed E-state index contributed by atoms with van der Waals surface area (Å²) in [5.74, 6) is 0.361. The second kappa shape index (κ2) is 3.34. The second-order valence-electron chi connectivity index (χ2n) is 3.05. The molecule has 0 fully saturated rings. The predicted molar refractivity (Wildman–Crippen MR) is 43.7 cm³/mol. The van der Waals surface area contributed by atoms with E-state index < -0.39 is 4.92 Å². The van der Waals surface area contributed by atoms with Crippen molar-refractivity contribution in [2.45, 2.75) is 20.4 Å². The van der Waals surface area contributed by atoms with Gasteiger partial charge in [-0.3, -0.25) is 0 Å². The smallest absolute Gasteiger partial charge is 0.358 e. The van der Waals surface area contributed by atoms with Crippen LogP contribution in [0.2, 0.25) is 0 Å². The van der Waals surface area contributed by atoms with E-state index in [9.17, 15) is 10.1 Å². The number of aromatic nitrogens is 2. The summed E-state index contributed by atoms with van der Waals surface area (Å²) < 4.78 is 1.59. The third-order valence-corrected chi connectivity index (χ3v) is 1.37. The minimum atomic E-state index is -0.489. The van der Waals surface area contributed by atoms with Gasteiger partial charge in [0.05, 0.1) is 23.9 Å². The van der Waals surface area contributed by atoms with E-state index in [2.05, 4.69) is 5.10 Å². The predicted octanol–water partition coefficient (Wildman–Crippen LogP) is 1.45.